The first-order chi connectivity index (χ1) is 16.9. The highest BCUT2D eigenvalue weighted by Crippen LogP contribution is 2.44. The summed E-state index contributed by atoms with van der Waals surface area (Å²) in [6.45, 7) is 0.244. The Morgan fingerprint density at radius 2 is 1.74 bits per heavy atom. The van der Waals surface area contributed by atoms with Crippen LogP contribution in [0.2, 0.25) is 0 Å². The number of carboxylic acid groups (broad SMARTS) is 1. The molecule has 1 aliphatic carbocycles. The molecule has 2 unspecified atom stereocenters. The SMILES string of the molecule is Cn1ncc(NC(=O)OCC2c3ccccc3-c3ccccc32)c1C(=O)NC1COCC1C(=O)O. The zero-order chi connectivity index (χ0) is 24.5. The van der Waals surface area contributed by atoms with Crippen LogP contribution in [0.1, 0.15) is 27.5 Å². The molecule has 0 saturated carbocycles. The van der Waals surface area contributed by atoms with Crippen molar-refractivity contribution in [1.29, 1.82) is 0 Å². The zero-order valence-electron chi connectivity index (χ0n) is 18.9. The lowest BCUT2D eigenvalue weighted by Crippen LogP contribution is -2.43. The molecule has 180 valence electrons. The minimum absolute atomic E-state index is 0.0243. The average Bonchev–Trinajstić information content (AvgIpc) is 3.54. The topological polar surface area (TPSA) is 132 Å². The fourth-order valence-corrected chi connectivity index (χ4v) is 4.72. The lowest BCUT2D eigenvalue weighted by atomic mass is 9.98. The first kappa shape index (κ1) is 22.6. The molecule has 10 nitrogen and oxygen atoms in total. The molecule has 0 bridgehead atoms. The number of hydrogen-bond donors (Lipinski definition) is 3. The van der Waals surface area contributed by atoms with E-state index in [-0.39, 0.29) is 37.1 Å². The van der Waals surface area contributed by atoms with Crippen LogP contribution in [0.5, 0.6) is 0 Å². The van der Waals surface area contributed by atoms with E-state index >= 15 is 0 Å². The molecule has 1 aromatic heterocycles. The number of nitrogens with one attached hydrogen (secondary N) is 2. The first-order valence-corrected chi connectivity index (χ1v) is 11.2. The third kappa shape index (κ3) is 4.24. The van der Waals surface area contributed by atoms with Crippen molar-refractivity contribution in [2.45, 2.75) is 12.0 Å². The van der Waals surface area contributed by atoms with E-state index < -0.39 is 29.9 Å². The maximum Gasteiger partial charge on any atom is 0.411 e. The van der Waals surface area contributed by atoms with Gasteiger partial charge in [0.05, 0.1) is 31.1 Å². The highest BCUT2D eigenvalue weighted by molar-refractivity contribution is 6.01. The number of carboxylic acids is 1. The maximum absolute atomic E-state index is 12.9. The van der Waals surface area contributed by atoms with Gasteiger partial charge in [-0.05, 0) is 22.3 Å². The van der Waals surface area contributed by atoms with Crippen molar-refractivity contribution in [1.82, 2.24) is 15.1 Å². The Morgan fingerprint density at radius 3 is 2.40 bits per heavy atom. The minimum Gasteiger partial charge on any atom is -0.481 e. The van der Waals surface area contributed by atoms with Crippen molar-refractivity contribution in [3.8, 4) is 11.1 Å². The smallest absolute Gasteiger partial charge is 0.411 e. The Hall–Kier alpha value is -4.18. The van der Waals surface area contributed by atoms with Crippen LogP contribution in [0, 0.1) is 5.92 Å². The number of anilines is 1. The predicted molar refractivity (Wildman–Crippen MR) is 125 cm³/mol. The number of aliphatic carboxylic acids is 1. The van der Waals surface area contributed by atoms with Gasteiger partial charge in [-0.1, -0.05) is 48.5 Å². The molecule has 10 heteroatoms. The number of amides is 2. The molecule has 5 rings (SSSR count). The van der Waals surface area contributed by atoms with E-state index in [1.54, 1.807) is 7.05 Å². The summed E-state index contributed by atoms with van der Waals surface area (Å²) in [6.07, 6.45) is 0.623. The number of rotatable bonds is 6. The van der Waals surface area contributed by atoms with Crippen molar-refractivity contribution in [3.63, 3.8) is 0 Å². The number of aromatic nitrogens is 2. The number of aryl methyl sites for hydroxylation is 1. The van der Waals surface area contributed by atoms with Crippen LogP contribution in [-0.4, -0.2) is 58.7 Å². The van der Waals surface area contributed by atoms with Crippen LogP contribution >= 0.6 is 0 Å². The second-order valence-corrected chi connectivity index (χ2v) is 8.54. The van der Waals surface area contributed by atoms with Crippen LogP contribution in [-0.2, 0) is 21.3 Å². The van der Waals surface area contributed by atoms with Gasteiger partial charge in [-0.2, -0.15) is 5.10 Å². The van der Waals surface area contributed by atoms with Gasteiger partial charge in [-0.15, -0.1) is 0 Å². The number of ether oxygens (including phenoxy) is 2. The van der Waals surface area contributed by atoms with E-state index in [0.717, 1.165) is 22.3 Å². The molecule has 2 aromatic carbocycles. The van der Waals surface area contributed by atoms with E-state index in [0.29, 0.717) is 0 Å². The molecule has 3 N–H and O–H groups in total. The molecule has 1 fully saturated rings. The largest absolute Gasteiger partial charge is 0.481 e. The lowest BCUT2D eigenvalue weighted by Gasteiger charge is -2.17. The van der Waals surface area contributed by atoms with Crippen molar-refractivity contribution in [2.75, 3.05) is 25.1 Å². The minimum atomic E-state index is -1.05. The molecular formula is C25H24N4O6. The molecule has 2 amide bonds. The Balaban J connectivity index is 1.26. The van der Waals surface area contributed by atoms with Gasteiger partial charge in [0, 0.05) is 13.0 Å². The Kier molecular flexibility index (Phi) is 5.96. The monoisotopic (exact) mass is 476 g/mol. The third-order valence-electron chi connectivity index (χ3n) is 6.45. The van der Waals surface area contributed by atoms with Gasteiger partial charge in [0.25, 0.3) is 5.91 Å². The Bertz CT molecular complexity index is 1260. The molecule has 1 aliphatic heterocycles. The van der Waals surface area contributed by atoms with Crippen LogP contribution < -0.4 is 10.6 Å². The number of fused-ring (bicyclic) bond motifs is 3. The van der Waals surface area contributed by atoms with Gasteiger partial charge in [0.1, 0.15) is 18.2 Å². The zero-order valence-corrected chi connectivity index (χ0v) is 18.9. The van der Waals surface area contributed by atoms with E-state index in [4.69, 9.17) is 9.47 Å². The van der Waals surface area contributed by atoms with Gasteiger partial charge in [0.15, 0.2) is 0 Å². The Morgan fingerprint density at radius 1 is 1.09 bits per heavy atom. The summed E-state index contributed by atoms with van der Waals surface area (Å²) in [7, 11) is 1.55. The summed E-state index contributed by atoms with van der Waals surface area (Å²) < 4.78 is 12.1. The summed E-state index contributed by atoms with van der Waals surface area (Å²) in [6, 6.07) is 15.4. The quantitative estimate of drug-likeness (QED) is 0.498. The number of benzene rings is 2. The lowest BCUT2D eigenvalue weighted by molar-refractivity contribution is -0.142. The van der Waals surface area contributed by atoms with Gasteiger partial charge in [-0.3, -0.25) is 19.6 Å². The summed E-state index contributed by atoms with van der Waals surface area (Å²) >= 11 is 0. The molecular weight excluding hydrogens is 452 g/mol. The van der Waals surface area contributed by atoms with Crippen LogP contribution in [0.4, 0.5) is 10.5 Å². The fourth-order valence-electron chi connectivity index (χ4n) is 4.72. The summed E-state index contributed by atoms with van der Waals surface area (Å²) in [5.41, 5.74) is 4.67. The van der Waals surface area contributed by atoms with E-state index in [2.05, 4.69) is 27.9 Å². The van der Waals surface area contributed by atoms with Crippen LogP contribution in [0.25, 0.3) is 11.1 Å². The van der Waals surface area contributed by atoms with Crippen molar-refractivity contribution in [3.05, 3.63) is 71.5 Å². The average molecular weight is 476 g/mol. The van der Waals surface area contributed by atoms with Gasteiger partial charge in [-0.25, -0.2) is 4.79 Å². The molecule has 0 radical (unpaired) electrons. The summed E-state index contributed by atoms with van der Waals surface area (Å²) in [5.74, 6) is -2.55. The number of hydrogen-bond acceptors (Lipinski definition) is 6. The standard InChI is InChI=1S/C25H24N4O6/c1-29-22(23(30)27-21-13-34-11-19(21)24(31)32)20(10-26-29)28-25(33)35-12-18-16-8-4-2-6-14(16)15-7-3-5-9-17(15)18/h2-10,18-19,21H,11-13H2,1H3,(H,27,30)(H,28,33)(H,31,32). The molecule has 2 atom stereocenters. The molecule has 2 aliphatic rings. The molecule has 3 aromatic rings. The highest BCUT2D eigenvalue weighted by atomic mass is 16.5. The number of nitrogens with zero attached hydrogens (tertiary/aromatic N) is 2. The molecule has 1 saturated heterocycles. The van der Waals surface area contributed by atoms with Gasteiger partial charge >= 0.3 is 12.1 Å². The van der Waals surface area contributed by atoms with Crippen LogP contribution in [0.15, 0.2) is 54.7 Å². The van der Waals surface area contributed by atoms with E-state index in [9.17, 15) is 19.5 Å². The normalized spacial score (nSPS) is 18.5. The fraction of sp³-hybridized carbons (Fsp3) is 0.280. The number of carbonyl (C=O) groups excluding carboxylic acids is 2. The highest BCUT2D eigenvalue weighted by Gasteiger charge is 2.36. The molecule has 35 heavy (non-hydrogen) atoms. The van der Waals surface area contributed by atoms with Gasteiger partial charge in [0.2, 0.25) is 0 Å². The van der Waals surface area contributed by atoms with Crippen molar-refractivity contribution < 1.29 is 29.0 Å². The van der Waals surface area contributed by atoms with Crippen molar-refractivity contribution >= 4 is 23.7 Å². The van der Waals surface area contributed by atoms with E-state index in [1.165, 1.54) is 10.9 Å². The predicted octanol–water partition coefficient (Wildman–Crippen LogP) is 2.61. The Labute approximate surface area is 200 Å². The molecule has 0 spiro atoms. The van der Waals surface area contributed by atoms with Gasteiger partial charge < -0.3 is 19.9 Å². The second-order valence-electron chi connectivity index (χ2n) is 8.54. The maximum atomic E-state index is 12.9. The second kappa shape index (κ2) is 9.22. The van der Waals surface area contributed by atoms with E-state index in [1.807, 2.05) is 36.4 Å². The number of carbonyl (C=O) groups is 3. The molecule has 2 heterocycles. The summed E-state index contributed by atoms with van der Waals surface area (Å²) in [4.78, 5) is 36.9. The first-order valence-electron chi connectivity index (χ1n) is 11.2. The van der Waals surface area contributed by atoms with Crippen LogP contribution in [0.3, 0.4) is 0 Å². The third-order valence-corrected chi connectivity index (χ3v) is 6.45. The van der Waals surface area contributed by atoms with Crippen molar-refractivity contribution in [2.24, 2.45) is 13.0 Å². The summed E-state index contributed by atoms with van der Waals surface area (Å²) in [5, 5.41) is 18.6.